The molecule has 0 unspecified atom stereocenters. The molecule has 0 nitrogen and oxygen atoms in total. The summed E-state index contributed by atoms with van der Waals surface area (Å²) in [4.78, 5) is 0. The molecule has 82 valence electrons. The molecule has 0 N–H and O–H groups in total. The van der Waals surface area contributed by atoms with Crippen molar-refractivity contribution in [1.82, 2.24) is 0 Å². The van der Waals surface area contributed by atoms with Crippen LogP contribution in [0.2, 0.25) is 0 Å². The van der Waals surface area contributed by atoms with E-state index in [0.717, 1.165) is 16.3 Å². The first-order valence-electron chi connectivity index (χ1n) is 5.59. The van der Waals surface area contributed by atoms with Crippen LogP contribution in [-0.2, 0) is 0 Å². The largest absolute Gasteiger partial charge is 0.206 e. The Morgan fingerprint density at radius 1 is 0.647 bits per heavy atom. The van der Waals surface area contributed by atoms with Crippen molar-refractivity contribution >= 4 is 10.8 Å². The lowest BCUT2D eigenvalue weighted by Crippen LogP contribution is -1.86. The van der Waals surface area contributed by atoms with Crippen LogP contribution in [-0.4, -0.2) is 0 Å². The van der Waals surface area contributed by atoms with Gasteiger partial charge in [-0.2, -0.15) is 0 Å². The predicted molar refractivity (Wildman–Crippen MR) is 69.3 cm³/mol. The van der Waals surface area contributed by atoms with Crippen LogP contribution >= 0.6 is 0 Å². The van der Waals surface area contributed by atoms with E-state index in [-0.39, 0.29) is 5.82 Å². The van der Waals surface area contributed by atoms with Crippen LogP contribution in [0, 0.1) is 5.82 Å². The van der Waals surface area contributed by atoms with Gasteiger partial charge in [0, 0.05) is 5.56 Å². The summed E-state index contributed by atoms with van der Waals surface area (Å²) in [5, 5.41) is 2.02. The number of benzene rings is 3. The Morgan fingerprint density at radius 3 is 2.18 bits per heavy atom. The number of hydrogen-bond acceptors (Lipinski definition) is 0. The Hall–Kier alpha value is -2.15. The highest BCUT2D eigenvalue weighted by atomic mass is 19.1. The maximum atomic E-state index is 14.0. The van der Waals surface area contributed by atoms with Crippen LogP contribution in [0.4, 0.5) is 4.39 Å². The molecule has 0 atom stereocenters. The molecule has 0 aliphatic carbocycles. The summed E-state index contributed by atoms with van der Waals surface area (Å²) in [6.45, 7) is 0. The van der Waals surface area contributed by atoms with Gasteiger partial charge in [0.1, 0.15) is 5.82 Å². The van der Waals surface area contributed by atoms with Crippen LogP contribution in [0.3, 0.4) is 0 Å². The molecule has 3 aromatic carbocycles. The van der Waals surface area contributed by atoms with Gasteiger partial charge >= 0.3 is 0 Å². The number of rotatable bonds is 1. The summed E-state index contributed by atoms with van der Waals surface area (Å²) in [7, 11) is 0. The second-order valence-corrected chi connectivity index (χ2v) is 4.01. The van der Waals surface area contributed by atoms with Crippen LogP contribution in [0.15, 0.2) is 66.7 Å². The Morgan fingerprint density at radius 2 is 1.35 bits per heavy atom. The molecule has 0 spiro atoms. The van der Waals surface area contributed by atoms with E-state index in [1.165, 1.54) is 6.07 Å². The van der Waals surface area contributed by atoms with Crippen molar-refractivity contribution in [3.63, 3.8) is 0 Å². The topological polar surface area (TPSA) is 0 Å². The summed E-state index contributed by atoms with van der Waals surface area (Å²) in [5.41, 5.74) is 1.60. The van der Waals surface area contributed by atoms with Gasteiger partial charge in [-0.05, 0) is 22.4 Å². The summed E-state index contributed by atoms with van der Waals surface area (Å²) >= 11 is 0. The fourth-order valence-electron chi connectivity index (χ4n) is 2.14. The van der Waals surface area contributed by atoms with Crippen molar-refractivity contribution in [3.05, 3.63) is 72.5 Å². The van der Waals surface area contributed by atoms with Crippen molar-refractivity contribution in [2.75, 3.05) is 0 Å². The molecule has 0 amide bonds. The third-order valence-corrected chi connectivity index (χ3v) is 2.94. The van der Waals surface area contributed by atoms with Crippen molar-refractivity contribution in [2.45, 2.75) is 0 Å². The molecule has 0 saturated carbocycles. The Bertz CT molecular complexity index is 657. The highest BCUT2D eigenvalue weighted by Gasteiger charge is 2.08. The zero-order valence-corrected chi connectivity index (χ0v) is 9.23. The van der Waals surface area contributed by atoms with E-state index in [2.05, 4.69) is 0 Å². The number of halogens is 1. The number of fused-ring (bicyclic) bond motifs is 1. The minimum atomic E-state index is -0.171. The molecule has 0 fully saturated rings. The van der Waals surface area contributed by atoms with E-state index in [1.54, 1.807) is 0 Å². The predicted octanol–water partition coefficient (Wildman–Crippen LogP) is 4.65. The van der Waals surface area contributed by atoms with Crippen molar-refractivity contribution in [3.8, 4) is 11.1 Å². The average molecular weight is 222 g/mol. The summed E-state index contributed by atoms with van der Waals surface area (Å²) < 4.78 is 14.0. The van der Waals surface area contributed by atoms with E-state index in [9.17, 15) is 4.39 Å². The Balaban J connectivity index is 2.39. The van der Waals surface area contributed by atoms with Gasteiger partial charge < -0.3 is 0 Å². The molecule has 0 saturated heterocycles. The lowest BCUT2D eigenvalue weighted by atomic mass is 9.98. The van der Waals surface area contributed by atoms with Crippen molar-refractivity contribution in [1.29, 1.82) is 0 Å². The molecule has 1 heteroatoms. The first kappa shape index (κ1) is 10.0. The minimum Gasteiger partial charge on any atom is -0.206 e. The average Bonchev–Trinajstić information content (AvgIpc) is 2.39. The smallest absolute Gasteiger partial charge is 0.131 e. The molecule has 0 aliphatic heterocycles. The fraction of sp³-hybridized carbons (Fsp3) is 0. The van der Waals surface area contributed by atoms with E-state index >= 15 is 0 Å². The van der Waals surface area contributed by atoms with Crippen LogP contribution < -0.4 is 0 Å². The maximum absolute atomic E-state index is 14.0. The van der Waals surface area contributed by atoms with Gasteiger partial charge in [0.15, 0.2) is 0 Å². The number of hydrogen-bond donors (Lipinski definition) is 0. The molecule has 0 bridgehead atoms. The lowest BCUT2D eigenvalue weighted by molar-refractivity contribution is 0.633. The third-order valence-electron chi connectivity index (χ3n) is 2.94. The molecule has 3 aromatic rings. The third kappa shape index (κ3) is 1.70. The first-order valence-corrected chi connectivity index (χ1v) is 5.59. The van der Waals surface area contributed by atoms with E-state index in [1.807, 2.05) is 60.7 Å². The van der Waals surface area contributed by atoms with E-state index in [4.69, 9.17) is 0 Å². The zero-order valence-electron chi connectivity index (χ0n) is 9.23. The normalized spacial score (nSPS) is 10.6. The van der Waals surface area contributed by atoms with Crippen molar-refractivity contribution in [2.24, 2.45) is 0 Å². The Labute approximate surface area is 99.3 Å². The summed E-state index contributed by atoms with van der Waals surface area (Å²) in [6, 6.07) is 20.9. The van der Waals surface area contributed by atoms with E-state index in [0.29, 0.717) is 5.56 Å². The molecule has 17 heavy (non-hydrogen) atoms. The molecular formula is C16H11F. The zero-order chi connectivity index (χ0) is 11.7. The van der Waals surface area contributed by atoms with Gasteiger partial charge in [-0.3, -0.25) is 0 Å². The van der Waals surface area contributed by atoms with Crippen LogP contribution in [0.25, 0.3) is 21.9 Å². The van der Waals surface area contributed by atoms with Gasteiger partial charge in [-0.15, -0.1) is 0 Å². The van der Waals surface area contributed by atoms with Gasteiger partial charge in [0.2, 0.25) is 0 Å². The van der Waals surface area contributed by atoms with Crippen LogP contribution in [0.5, 0.6) is 0 Å². The molecule has 0 heterocycles. The molecule has 0 aliphatic rings. The minimum absolute atomic E-state index is 0.171. The maximum Gasteiger partial charge on any atom is 0.131 e. The van der Waals surface area contributed by atoms with Crippen molar-refractivity contribution < 1.29 is 4.39 Å². The summed E-state index contributed by atoms with van der Waals surface area (Å²) in [6.07, 6.45) is 0. The lowest BCUT2D eigenvalue weighted by Gasteiger charge is -2.08. The fourth-order valence-corrected chi connectivity index (χ4v) is 2.14. The second-order valence-electron chi connectivity index (χ2n) is 4.01. The molecule has 0 aromatic heterocycles. The monoisotopic (exact) mass is 222 g/mol. The Kier molecular flexibility index (Phi) is 2.37. The van der Waals surface area contributed by atoms with Gasteiger partial charge in [-0.1, -0.05) is 60.7 Å². The van der Waals surface area contributed by atoms with Gasteiger partial charge in [-0.25, -0.2) is 4.39 Å². The van der Waals surface area contributed by atoms with Gasteiger partial charge in [0.25, 0.3) is 0 Å². The standard InChI is InChI=1S/C16H11F/c17-15-11-10-12-6-4-5-9-14(12)16(15)13-7-2-1-3-8-13/h1-11H. The molecule has 0 radical (unpaired) electrons. The highest BCUT2D eigenvalue weighted by Crippen LogP contribution is 2.30. The van der Waals surface area contributed by atoms with Gasteiger partial charge in [0.05, 0.1) is 0 Å². The quantitative estimate of drug-likeness (QED) is 0.562. The second kappa shape index (κ2) is 4.02. The summed E-state index contributed by atoms with van der Waals surface area (Å²) in [5.74, 6) is -0.171. The first-order chi connectivity index (χ1) is 8.36. The van der Waals surface area contributed by atoms with E-state index < -0.39 is 0 Å². The SMILES string of the molecule is Fc1ccc2ccccc2c1-c1ccccc1. The molecular weight excluding hydrogens is 211 g/mol. The molecule has 3 rings (SSSR count). The highest BCUT2D eigenvalue weighted by molar-refractivity contribution is 5.96. The van der Waals surface area contributed by atoms with Crippen LogP contribution in [0.1, 0.15) is 0 Å².